The number of nitrogens with zero attached hydrogens (tertiary/aromatic N) is 4. The number of benzene rings is 12. The van der Waals surface area contributed by atoms with Crippen LogP contribution in [0.1, 0.15) is 0 Å². The molecule has 0 bridgehead atoms. The van der Waals surface area contributed by atoms with E-state index in [-0.39, 0.29) is 11.1 Å². The summed E-state index contributed by atoms with van der Waals surface area (Å²) < 4.78 is 8.68. The predicted octanol–water partition coefficient (Wildman–Crippen LogP) is 17.9. The van der Waals surface area contributed by atoms with Crippen LogP contribution in [0.25, 0.3) is 164 Å². The van der Waals surface area contributed by atoms with Gasteiger partial charge in [-0.3, -0.25) is 18.4 Å². The molecule has 0 unspecified atom stereocenters. The van der Waals surface area contributed by atoms with Crippen molar-refractivity contribution in [1.29, 1.82) is 0 Å². The van der Waals surface area contributed by atoms with Crippen molar-refractivity contribution < 1.29 is 0 Å². The average molecular weight is 1020 g/mol. The quantitative estimate of drug-likeness (QED) is 0.161. The molecule has 6 aromatic heterocycles. The molecule has 0 saturated heterocycles. The second-order valence-electron chi connectivity index (χ2n) is 21.4. The van der Waals surface area contributed by atoms with E-state index in [4.69, 9.17) is 0 Å². The van der Waals surface area contributed by atoms with E-state index < -0.39 is 0 Å². The Labute approximate surface area is 455 Å². The fourth-order valence-corrected chi connectivity index (χ4v) is 14.2. The number of para-hydroxylation sites is 5. The van der Waals surface area contributed by atoms with Crippen molar-refractivity contribution in [3.63, 3.8) is 0 Å². The van der Waals surface area contributed by atoms with Gasteiger partial charge in [-0.05, 0) is 106 Å². The maximum atomic E-state index is 16.2. The lowest BCUT2D eigenvalue weighted by molar-refractivity contribution is 1.18. The molecule has 12 aromatic carbocycles. The predicted molar refractivity (Wildman–Crippen MR) is 333 cm³/mol. The highest BCUT2D eigenvalue weighted by atomic mass is 16.1. The summed E-state index contributed by atoms with van der Waals surface area (Å²) in [5.74, 6) is 0. The van der Waals surface area contributed by atoms with E-state index in [1.165, 1.54) is 0 Å². The van der Waals surface area contributed by atoms with Gasteiger partial charge in [-0.1, -0.05) is 182 Å². The lowest BCUT2D eigenvalue weighted by atomic mass is 9.87. The van der Waals surface area contributed by atoms with Crippen molar-refractivity contribution >= 4 is 114 Å². The van der Waals surface area contributed by atoms with Gasteiger partial charge < -0.3 is 8.97 Å². The van der Waals surface area contributed by atoms with Crippen LogP contribution in [0.15, 0.2) is 264 Å². The lowest BCUT2D eigenvalue weighted by Gasteiger charge is -2.16. The third kappa shape index (κ3) is 5.60. The lowest BCUT2D eigenvalue weighted by Crippen LogP contribution is -2.12. The SMILES string of the molecule is O=c1c2ccccc2c2cc(-c3ccc4c(c3)c3cccc(-c5ccc6c(c5)c(=O)n5c7ccccc7c7c(-c8ccccc8)c(-c8ccccc8)c8c9ccccc9n6c8c75)c3n4-c3ccccc3)cc3c4ccccc4n1c23. The van der Waals surface area contributed by atoms with Crippen LogP contribution < -0.4 is 11.1 Å². The van der Waals surface area contributed by atoms with Gasteiger partial charge in [0.05, 0.1) is 55.0 Å². The first-order chi connectivity index (χ1) is 39.6. The molecule has 370 valence electrons. The van der Waals surface area contributed by atoms with Gasteiger partial charge in [-0.15, -0.1) is 0 Å². The zero-order chi connectivity index (χ0) is 52.5. The number of pyridine rings is 1. The molecule has 6 heteroatoms. The van der Waals surface area contributed by atoms with Crippen LogP contribution in [0, 0.1) is 0 Å². The molecule has 0 aliphatic rings. The van der Waals surface area contributed by atoms with E-state index in [2.05, 4.69) is 239 Å². The standard InChI is InChI=1S/C74H42N4O2/c79-73-53-27-11-10-25-50(53)57-41-47(42-58-51-26-12-15-32-60(51)77(73)70(57)58)45-35-37-63-56(39-45)52-31-18-30-49(69(52)75(63)48-23-8-3-9-24-48)46-36-38-64-59(40-46)74(80)78-62-34-17-14-29-55(62)68-66(44-21-6-2-7-22-44)65(43-19-4-1-5-20-43)67-54-28-13-16-33-61(54)76(64)71(67)72(68)78/h1-42H. The minimum atomic E-state index is -0.0693. The Kier molecular flexibility index (Phi) is 8.60. The van der Waals surface area contributed by atoms with Gasteiger partial charge in [0, 0.05) is 76.2 Å². The number of rotatable bonds is 5. The molecule has 0 atom stereocenters. The van der Waals surface area contributed by atoms with E-state index >= 15 is 4.79 Å². The van der Waals surface area contributed by atoms with Crippen LogP contribution in [0.4, 0.5) is 0 Å². The summed E-state index contributed by atoms with van der Waals surface area (Å²) in [6.45, 7) is 0. The molecule has 18 rings (SSSR count). The molecule has 6 nitrogen and oxygen atoms in total. The summed E-state index contributed by atoms with van der Waals surface area (Å²) in [7, 11) is 0. The molecule has 18 aromatic rings. The van der Waals surface area contributed by atoms with E-state index in [0.717, 1.165) is 154 Å². The first kappa shape index (κ1) is 43.3. The first-order valence-electron chi connectivity index (χ1n) is 27.3. The second-order valence-corrected chi connectivity index (χ2v) is 21.4. The Balaban J connectivity index is 0.940. The van der Waals surface area contributed by atoms with E-state index in [1.54, 1.807) is 0 Å². The van der Waals surface area contributed by atoms with Crippen molar-refractivity contribution in [1.82, 2.24) is 17.8 Å². The van der Waals surface area contributed by atoms with Crippen LogP contribution in [0.5, 0.6) is 0 Å². The third-order valence-corrected chi connectivity index (χ3v) is 17.4. The Morgan fingerprint density at radius 3 is 1.36 bits per heavy atom. The van der Waals surface area contributed by atoms with Gasteiger partial charge in [-0.25, -0.2) is 0 Å². The summed E-state index contributed by atoms with van der Waals surface area (Å²) in [6.07, 6.45) is 0. The normalized spacial score (nSPS) is 12.3. The fourth-order valence-electron chi connectivity index (χ4n) is 14.2. The number of aromatic nitrogens is 4. The minimum Gasteiger partial charge on any atom is -0.309 e. The molecule has 0 aliphatic heterocycles. The Bertz CT molecular complexity index is 5810. The molecule has 6 heterocycles. The summed E-state index contributed by atoms with van der Waals surface area (Å²) in [5, 5.41) is 12.0. The zero-order valence-corrected chi connectivity index (χ0v) is 42.9. The number of hydrogen-bond donors (Lipinski definition) is 0. The molecule has 0 fully saturated rings. The molecule has 0 radical (unpaired) electrons. The third-order valence-electron chi connectivity index (χ3n) is 17.4. The Morgan fingerprint density at radius 2 is 0.688 bits per heavy atom. The van der Waals surface area contributed by atoms with Gasteiger partial charge in [0.1, 0.15) is 0 Å². The Hall–Kier alpha value is -10.8. The van der Waals surface area contributed by atoms with Crippen LogP contribution in [-0.4, -0.2) is 17.8 Å². The van der Waals surface area contributed by atoms with E-state index in [0.29, 0.717) is 10.8 Å². The molecule has 0 amide bonds. The van der Waals surface area contributed by atoms with E-state index in [9.17, 15) is 4.79 Å². The molecule has 80 heavy (non-hydrogen) atoms. The van der Waals surface area contributed by atoms with Crippen molar-refractivity contribution in [2.75, 3.05) is 0 Å². The van der Waals surface area contributed by atoms with Gasteiger partial charge in [0.15, 0.2) is 0 Å². The van der Waals surface area contributed by atoms with Gasteiger partial charge in [0.2, 0.25) is 0 Å². The Morgan fingerprint density at radius 1 is 0.237 bits per heavy atom. The molecular formula is C74H42N4O2. The van der Waals surface area contributed by atoms with Crippen LogP contribution in [-0.2, 0) is 0 Å². The maximum absolute atomic E-state index is 16.2. The van der Waals surface area contributed by atoms with Gasteiger partial charge in [-0.2, -0.15) is 0 Å². The van der Waals surface area contributed by atoms with Crippen molar-refractivity contribution in [3.8, 4) is 50.2 Å². The zero-order valence-electron chi connectivity index (χ0n) is 42.9. The molecule has 0 saturated carbocycles. The highest BCUT2D eigenvalue weighted by Gasteiger charge is 2.29. The van der Waals surface area contributed by atoms with Crippen LogP contribution in [0.2, 0.25) is 0 Å². The van der Waals surface area contributed by atoms with Gasteiger partial charge >= 0.3 is 0 Å². The first-order valence-corrected chi connectivity index (χ1v) is 27.3. The van der Waals surface area contributed by atoms with E-state index in [1.807, 2.05) is 33.1 Å². The maximum Gasteiger partial charge on any atom is 0.265 e. The summed E-state index contributed by atoms with van der Waals surface area (Å²) >= 11 is 0. The smallest absolute Gasteiger partial charge is 0.265 e. The number of hydrogen-bond acceptors (Lipinski definition) is 2. The molecule has 0 N–H and O–H groups in total. The van der Waals surface area contributed by atoms with Crippen molar-refractivity contribution in [2.24, 2.45) is 0 Å². The van der Waals surface area contributed by atoms with Crippen molar-refractivity contribution in [3.05, 3.63) is 275 Å². The summed E-state index contributed by atoms with van der Waals surface area (Å²) in [4.78, 5) is 30.4. The molecule has 0 aliphatic carbocycles. The fraction of sp³-hybridized carbons (Fsp3) is 0. The topological polar surface area (TPSA) is 52.3 Å². The largest absolute Gasteiger partial charge is 0.309 e. The summed E-state index contributed by atoms with van der Waals surface area (Å²) in [5.41, 5.74) is 18.3. The van der Waals surface area contributed by atoms with Crippen LogP contribution in [0.3, 0.4) is 0 Å². The average Bonchev–Trinajstić information content (AvgIpc) is 4.35. The van der Waals surface area contributed by atoms with Gasteiger partial charge in [0.25, 0.3) is 11.1 Å². The monoisotopic (exact) mass is 1020 g/mol. The molecular weight excluding hydrogens is 977 g/mol. The highest BCUT2D eigenvalue weighted by molar-refractivity contribution is 6.33. The number of fused-ring (bicyclic) bond motifs is 16. The minimum absolute atomic E-state index is 0.00261. The van der Waals surface area contributed by atoms with Crippen LogP contribution >= 0.6 is 0 Å². The van der Waals surface area contributed by atoms with Crippen molar-refractivity contribution in [2.45, 2.75) is 0 Å². The molecule has 0 spiro atoms. The summed E-state index contributed by atoms with van der Waals surface area (Å²) in [6, 6.07) is 90.0. The second kappa shape index (κ2) is 15.9. The highest BCUT2D eigenvalue weighted by Crippen LogP contribution is 2.51.